The predicted molar refractivity (Wildman–Crippen MR) is 100 cm³/mol. The number of aliphatic imine (C=N–C) groups is 1. The molecule has 1 aliphatic rings. The van der Waals surface area contributed by atoms with Crippen LogP contribution in [0.3, 0.4) is 0 Å². The van der Waals surface area contributed by atoms with Crippen molar-refractivity contribution in [3.63, 3.8) is 0 Å². The Hall–Kier alpha value is -1.57. The molecule has 1 fully saturated rings. The van der Waals surface area contributed by atoms with Gasteiger partial charge in [0.05, 0.1) is 10.9 Å². The highest BCUT2D eigenvalue weighted by Crippen LogP contribution is 2.29. The van der Waals surface area contributed by atoms with Crippen LogP contribution in [-0.2, 0) is 0 Å². The van der Waals surface area contributed by atoms with Crippen LogP contribution in [0.4, 0.5) is 4.79 Å². The van der Waals surface area contributed by atoms with Gasteiger partial charge in [-0.05, 0) is 37.3 Å². The van der Waals surface area contributed by atoms with Gasteiger partial charge in [-0.2, -0.15) is 0 Å². The molecule has 0 atom stereocenters. The number of carbonyl (C=O) groups excluding carboxylic acids is 1. The average molecular weight is 389 g/mol. The first-order valence-electron chi connectivity index (χ1n) is 7.37. The van der Waals surface area contributed by atoms with Gasteiger partial charge >= 0.3 is 6.03 Å². The highest BCUT2D eigenvalue weighted by Gasteiger charge is 2.24. The molecule has 2 amide bonds. The summed E-state index contributed by atoms with van der Waals surface area (Å²) in [7, 11) is 0. The third-order valence-corrected chi connectivity index (χ3v) is 4.13. The number of hydrogen-bond acceptors (Lipinski definition) is 3. The van der Waals surface area contributed by atoms with Gasteiger partial charge in [0.25, 0.3) is 0 Å². The fourth-order valence-electron chi connectivity index (χ4n) is 2.29. The first-order chi connectivity index (χ1) is 11.3. The molecule has 1 heterocycles. The monoisotopic (exact) mass is 388 g/mol. The first-order valence-corrected chi connectivity index (χ1v) is 8.54. The highest BCUT2D eigenvalue weighted by molar-refractivity contribution is 7.80. The Balaban J connectivity index is 1.83. The van der Waals surface area contributed by atoms with Gasteiger partial charge in [0.1, 0.15) is 11.9 Å². The van der Waals surface area contributed by atoms with E-state index < -0.39 is 0 Å². The summed E-state index contributed by atoms with van der Waals surface area (Å²) in [6.45, 7) is 2.70. The molecule has 130 valence electrons. The second kappa shape index (κ2) is 8.50. The van der Waals surface area contributed by atoms with E-state index in [-0.39, 0.29) is 17.2 Å². The van der Waals surface area contributed by atoms with Crippen molar-refractivity contribution in [2.24, 2.45) is 10.7 Å². The standard InChI is InChI=1S/C15H18Cl2N4O2S/c1-9(18)19-14(24)20-15(22)21-6-4-11(5-7-21)23-13-3-2-10(16)8-12(13)17/h2-3,8,11H,4-7H2,1H3,(H3,18,19,20,22,24). The smallest absolute Gasteiger partial charge is 0.323 e. The maximum Gasteiger partial charge on any atom is 0.323 e. The average Bonchev–Trinajstić information content (AvgIpc) is 2.50. The van der Waals surface area contributed by atoms with Crippen molar-refractivity contribution >= 4 is 52.4 Å². The van der Waals surface area contributed by atoms with Crippen molar-refractivity contribution in [2.75, 3.05) is 13.1 Å². The number of piperidine rings is 1. The molecule has 24 heavy (non-hydrogen) atoms. The molecule has 0 aliphatic carbocycles. The summed E-state index contributed by atoms with van der Waals surface area (Å²) in [6, 6.07) is 4.83. The molecule has 1 aromatic carbocycles. The van der Waals surface area contributed by atoms with Crippen molar-refractivity contribution in [1.29, 1.82) is 0 Å². The molecule has 0 spiro atoms. The molecule has 6 nitrogen and oxygen atoms in total. The third kappa shape index (κ3) is 5.51. The van der Waals surface area contributed by atoms with E-state index in [1.54, 1.807) is 30.0 Å². The fourth-order valence-corrected chi connectivity index (χ4v) is 2.97. The Morgan fingerprint density at radius 1 is 1.42 bits per heavy atom. The number of hydrogen-bond donors (Lipinski definition) is 2. The van der Waals surface area contributed by atoms with Crippen LogP contribution in [0.1, 0.15) is 19.8 Å². The first kappa shape index (κ1) is 18.8. The summed E-state index contributed by atoms with van der Waals surface area (Å²) in [4.78, 5) is 17.6. The van der Waals surface area contributed by atoms with E-state index in [0.717, 1.165) is 0 Å². The normalized spacial score (nSPS) is 16.0. The molecule has 3 N–H and O–H groups in total. The molecule has 0 bridgehead atoms. The minimum atomic E-state index is -0.284. The van der Waals surface area contributed by atoms with E-state index in [9.17, 15) is 4.79 Å². The second-order valence-corrected chi connectivity index (χ2v) is 6.60. The number of urea groups is 1. The summed E-state index contributed by atoms with van der Waals surface area (Å²) >= 11 is 16.9. The summed E-state index contributed by atoms with van der Waals surface area (Å²) < 4.78 is 5.89. The number of nitrogens with one attached hydrogen (secondary N) is 1. The molecule has 1 aromatic rings. The van der Waals surface area contributed by atoms with Crippen molar-refractivity contribution in [3.8, 4) is 5.75 Å². The minimum absolute atomic E-state index is 0.0102. The zero-order valence-electron chi connectivity index (χ0n) is 13.1. The summed E-state index contributed by atoms with van der Waals surface area (Å²) in [5.74, 6) is 0.894. The summed E-state index contributed by atoms with van der Waals surface area (Å²) in [5, 5.41) is 3.63. The van der Waals surface area contributed by atoms with E-state index in [2.05, 4.69) is 10.3 Å². The molecule has 0 radical (unpaired) electrons. The van der Waals surface area contributed by atoms with Gasteiger partial charge in [-0.15, -0.1) is 0 Å². The van der Waals surface area contributed by atoms with Gasteiger partial charge in [-0.3, -0.25) is 5.32 Å². The lowest BCUT2D eigenvalue weighted by atomic mass is 10.1. The molecular weight excluding hydrogens is 371 g/mol. The van der Waals surface area contributed by atoms with Gasteiger partial charge < -0.3 is 15.4 Å². The van der Waals surface area contributed by atoms with Gasteiger partial charge in [-0.25, -0.2) is 9.79 Å². The van der Waals surface area contributed by atoms with E-state index in [1.165, 1.54) is 0 Å². The van der Waals surface area contributed by atoms with Crippen LogP contribution in [0.5, 0.6) is 5.75 Å². The zero-order chi connectivity index (χ0) is 17.7. The minimum Gasteiger partial charge on any atom is -0.489 e. The highest BCUT2D eigenvalue weighted by atomic mass is 35.5. The Morgan fingerprint density at radius 3 is 2.67 bits per heavy atom. The number of amides is 2. The second-order valence-electron chi connectivity index (χ2n) is 5.37. The summed E-state index contributed by atoms with van der Waals surface area (Å²) in [6.07, 6.45) is 1.38. The van der Waals surface area contributed by atoms with E-state index in [0.29, 0.717) is 47.6 Å². The van der Waals surface area contributed by atoms with Gasteiger partial charge in [0, 0.05) is 31.0 Å². The molecule has 0 unspecified atom stereocenters. The molecule has 0 aromatic heterocycles. The zero-order valence-corrected chi connectivity index (χ0v) is 15.4. The maximum absolute atomic E-state index is 12.1. The molecule has 9 heteroatoms. The van der Waals surface area contributed by atoms with Gasteiger partial charge in [-0.1, -0.05) is 23.2 Å². The molecule has 1 saturated heterocycles. The number of rotatable bonds is 2. The lowest BCUT2D eigenvalue weighted by molar-refractivity contribution is 0.113. The van der Waals surface area contributed by atoms with Gasteiger partial charge in [0.2, 0.25) is 5.11 Å². The topological polar surface area (TPSA) is 79.9 Å². The lowest BCUT2D eigenvalue weighted by Crippen LogP contribution is -2.47. The fraction of sp³-hybridized carbons (Fsp3) is 0.400. The number of ether oxygens (including phenoxy) is 1. The Morgan fingerprint density at radius 2 is 2.08 bits per heavy atom. The van der Waals surface area contributed by atoms with Crippen LogP contribution in [0.2, 0.25) is 10.0 Å². The number of thiocarbonyl (C=S) groups is 1. The van der Waals surface area contributed by atoms with E-state index >= 15 is 0 Å². The van der Waals surface area contributed by atoms with Gasteiger partial charge in [0.15, 0.2) is 0 Å². The maximum atomic E-state index is 12.1. The van der Waals surface area contributed by atoms with Crippen LogP contribution < -0.4 is 15.8 Å². The Kier molecular flexibility index (Phi) is 6.65. The molecule has 1 aliphatic heterocycles. The largest absolute Gasteiger partial charge is 0.489 e. The third-order valence-electron chi connectivity index (χ3n) is 3.41. The SMILES string of the molecule is C/C(N)=N/C(=S)NC(=O)N1CCC(Oc2ccc(Cl)cc2Cl)CC1. The number of benzene rings is 1. The number of halogens is 2. The van der Waals surface area contributed by atoms with Crippen molar-refractivity contribution < 1.29 is 9.53 Å². The lowest BCUT2D eigenvalue weighted by Gasteiger charge is -2.32. The Labute approximate surface area is 155 Å². The van der Waals surface area contributed by atoms with Crippen molar-refractivity contribution in [1.82, 2.24) is 10.2 Å². The van der Waals surface area contributed by atoms with E-state index in [4.69, 9.17) is 45.9 Å². The molecule has 0 saturated carbocycles. The number of nitrogens with zero attached hydrogens (tertiary/aromatic N) is 2. The van der Waals surface area contributed by atoms with Crippen molar-refractivity contribution in [3.05, 3.63) is 28.2 Å². The number of likely N-dealkylation sites (tertiary alicyclic amines) is 1. The van der Waals surface area contributed by atoms with Crippen LogP contribution in [0.15, 0.2) is 23.2 Å². The number of carbonyl (C=O) groups is 1. The Bertz CT molecular complexity index is 657. The predicted octanol–water partition coefficient (Wildman–Crippen LogP) is 3.21. The summed E-state index contributed by atoms with van der Waals surface area (Å²) in [5.41, 5.74) is 5.42. The van der Waals surface area contributed by atoms with Crippen LogP contribution in [-0.4, -0.2) is 41.1 Å². The van der Waals surface area contributed by atoms with E-state index in [1.807, 2.05) is 0 Å². The van der Waals surface area contributed by atoms with Crippen molar-refractivity contribution in [2.45, 2.75) is 25.9 Å². The number of amidine groups is 1. The molecular formula is C15H18Cl2N4O2S. The molecule has 2 rings (SSSR count). The van der Waals surface area contributed by atoms with Crippen LogP contribution >= 0.6 is 35.4 Å². The quantitative estimate of drug-likeness (QED) is 0.463. The number of nitrogens with two attached hydrogens (primary N) is 1. The van der Waals surface area contributed by atoms with Crippen LogP contribution in [0.25, 0.3) is 0 Å². The van der Waals surface area contributed by atoms with Crippen LogP contribution in [0, 0.1) is 0 Å².